The Kier molecular flexibility index (Phi) is 3.25. The standard InChI is InChI=1S/C12H16N4O3S/c13-9(17)8-6-20-10(15-8)16-4-1-2-12(3-5-16)7-14-11(18)19-12/h6H,1-5,7H2,(H2,13,17)(H,14,18). The molecule has 0 saturated carbocycles. The van der Waals surface area contributed by atoms with Gasteiger partial charge in [0.2, 0.25) is 0 Å². The highest BCUT2D eigenvalue weighted by molar-refractivity contribution is 7.13. The zero-order chi connectivity index (χ0) is 14.2. The highest BCUT2D eigenvalue weighted by Crippen LogP contribution is 2.32. The van der Waals surface area contributed by atoms with Crippen molar-refractivity contribution in [3.63, 3.8) is 0 Å². The predicted octanol–water partition coefficient (Wildman–Crippen LogP) is 0.711. The summed E-state index contributed by atoms with van der Waals surface area (Å²) in [7, 11) is 0. The van der Waals surface area contributed by atoms with Crippen molar-refractivity contribution in [2.75, 3.05) is 24.5 Å². The van der Waals surface area contributed by atoms with E-state index >= 15 is 0 Å². The first-order valence-electron chi connectivity index (χ1n) is 6.55. The SMILES string of the molecule is NC(=O)c1csc(N2CCCC3(CC2)CNC(=O)O3)n1. The van der Waals surface area contributed by atoms with E-state index in [1.54, 1.807) is 5.38 Å². The van der Waals surface area contributed by atoms with Crippen LogP contribution in [0.4, 0.5) is 9.93 Å². The minimum Gasteiger partial charge on any atom is -0.441 e. The number of amides is 2. The quantitative estimate of drug-likeness (QED) is 0.837. The number of thiazole rings is 1. The molecule has 3 rings (SSSR count). The number of aromatic nitrogens is 1. The maximum atomic E-state index is 11.2. The van der Waals surface area contributed by atoms with Crippen molar-refractivity contribution in [2.24, 2.45) is 5.73 Å². The lowest BCUT2D eigenvalue weighted by Crippen LogP contribution is -2.34. The Hall–Kier alpha value is -1.83. The van der Waals surface area contributed by atoms with E-state index in [-0.39, 0.29) is 11.7 Å². The Morgan fingerprint density at radius 2 is 2.35 bits per heavy atom. The lowest BCUT2D eigenvalue weighted by Gasteiger charge is -2.24. The van der Waals surface area contributed by atoms with E-state index in [2.05, 4.69) is 15.2 Å². The molecule has 2 saturated heterocycles. The van der Waals surface area contributed by atoms with Gasteiger partial charge in [-0.3, -0.25) is 4.79 Å². The highest BCUT2D eigenvalue weighted by Gasteiger charge is 2.41. The molecule has 1 aromatic heterocycles. The molecule has 0 bridgehead atoms. The van der Waals surface area contributed by atoms with E-state index in [9.17, 15) is 9.59 Å². The van der Waals surface area contributed by atoms with Crippen molar-refractivity contribution >= 4 is 28.5 Å². The van der Waals surface area contributed by atoms with Crippen LogP contribution >= 0.6 is 11.3 Å². The minimum absolute atomic E-state index is 0.304. The number of hydrogen-bond acceptors (Lipinski definition) is 6. The van der Waals surface area contributed by atoms with Crippen LogP contribution in [0.25, 0.3) is 0 Å². The first kappa shape index (κ1) is 13.2. The summed E-state index contributed by atoms with van der Waals surface area (Å²) in [5.74, 6) is -0.507. The van der Waals surface area contributed by atoms with Crippen molar-refractivity contribution < 1.29 is 14.3 Å². The second-order valence-electron chi connectivity index (χ2n) is 5.15. The molecule has 0 aliphatic carbocycles. The summed E-state index contributed by atoms with van der Waals surface area (Å²) in [5.41, 5.74) is 5.14. The summed E-state index contributed by atoms with van der Waals surface area (Å²) in [6.07, 6.45) is 2.19. The average molecular weight is 296 g/mol. The van der Waals surface area contributed by atoms with Gasteiger partial charge in [-0.1, -0.05) is 0 Å². The fourth-order valence-corrected chi connectivity index (χ4v) is 3.53. The van der Waals surface area contributed by atoms with Crippen LogP contribution in [0, 0.1) is 0 Å². The number of hydrogen-bond donors (Lipinski definition) is 2. The minimum atomic E-state index is -0.507. The summed E-state index contributed by atoms with van der Waals surface area (Å²) < 4.78 is 5.43. The van der Waals surface area contributed by atoms with Gasteiger partial charge in [-0.2, -0.15) is 0 Å². The third-order valence-corrected chi connectivity index (χ3v) is 4.68. The molecule has 3 heterocycles. The highest BCUT2D eigenvalue weighted by atomic mass is 32.1. The van der Waals surface area contributed by atoms with Gasteiger partial charge in [0.05, 0.1) is 6.54 Å². The third kappa shape index (κ3) is 2.43. The molecule has 20 heavy (non-hydrogen) atoms. The molecule has 1 unspecified atom stereocenters. The summed E-state index contributed by atoms with van der Waals surface area (Å²) in [5, 5.41) is 5.20. The second kappa shape index (κ2) is 4.93. The smallest absolute Gasteiger partial charge is 0.407 e. The van der Waals surface area contributed by atoms with E-state index in [4.69, 9.17) is 10.5 Å². The molecule has 8 heteroatoms. The van der Waals surface area contributed by atoms with Gasteiger partial charge in [-0.15, -0.1) is 11.3 Å². The molecule has 2 fully saturated rings. The number of primary amides is 1. The van der Waals surface area contributed by atoms with Gasteiger partial charge < -0.3 is 20.7 Å². The van der Waals surface area contributed by atoms with Gasteiger partial charge in [-0.25, -0.2) is 9.78 Å². The van der Waals surface area contributed by atoms with Crippen LogP contribution in [-0.2, 0) is 4.74 Å². The Morgan fingerprint density at radius 1 is 1.50 bits per heavy atom. The molecule has 3 N–H and O–H groups in total. The fraction of sp³-hybridized carbons (Fsp3) is 0.583. The average Bonchev–Trinajstić information content (AvgIpc) is 2.96. The third-order valence-electron chi connectivity index (χ3n) is 3.78. The molecule has 1 spiro atoms. The van der Waals surface area contributed by atoms with Crippen LogP contribution in [0.15, 0.2) is 5.38 Å². The van der Waals surface area contributed by atoms with E-state index in [0.29, 0.717) is 12.2 Å². The Morgan fingerprint density at radius 3 is 3.00 bits per heavy atom. The van der Waals surface area contributed by atoms with Crippen molar-refractivity contribution in [1.29, 1.82) is 0 Å². The topological polar surface area (TPSA) is 97.6 Å². The van der Waals surface area contributed by atoms with E-state index in [1.807, 2.05) is 0 Å². The maximum Gasteiger partial charge on any atom is 0.407 e. The Bertz CT molecular complexity index is 547. The number of nitrogens with one attached hydrogen (secondary N) is 1. The molecular weight excluding hydrogens is 280 g/mol. The van der Waals surface area contributed by atoms with Crippen LogP contribution in [0.3, 0.4) is 0 Å². The lowest BCUT2D eigenvalue weighted by molar-refractivity contribution is 0.0473. The summed E-state index contributed by atoms with van der Waals surface area (Å²) in [6, 6.07) is 0. The number of ether oxygens (including phenoxy) is 1. The van der Waals surface area contributed by atoms with Crippen LogP contribution in [0.2, 0.25) is 0 Å². The van der Waals surface area contributed by atoms with Crippen LogP contribution in [0.1, 0.15) is 29.8 Å². The number of nitrogens with two attached hydrogens (primary N) is 1. The van der Waals surface area contributed by atoms with Gasteiger partial charge in [0.15, 0.2) is 5.13 Å². The summed E-state index contributed by atoms with van der Waals surface area (Å²) >= 11 is 1.42. The van der Waals surface area contributed by atoms with Gasteiger partial charge in [-0.05, 0) is 12.8 Å². The molecule has 0 radical (unpaired) electrons. The van der Waals surface area contributed by atoms with Crippen LogP contribution in [-0.4, -0.2) is 42.2 Å². The van der Waals surface area contributed by atoms with Gasteiger partial charge in [0.1, 0.15) is 11.3 Å². The molecule has 0 aromatic carbocycles. The van der Waals surface area contributed by atoms with E-state index in [0.717, 1.165) is 37.5 Å². The first-order chi connectivity index (χ1) is 9.58. The largest absolute Gasteiger partial charge is 0.441 e. The lowest BCUT2D eigenvalue weighted by atomic mass is 9.95. The molecular formula is C12H16N4O3S. The van der Waals surface area contributed by atoms with E-state index < -0.39 is 5.91 Å². The summed E-state index contributed by atoms with van der Waals surface area (Å²) in [4.78, 5) is 28.7. The van der Waals surface area contributed by atoms with Crippen molar-refractivity contribution in [3.8, 4) is 0 Å². The molecule has 1 atom stereocenters. The number of rotatable bonds is 2. The molecule has 2 aliphatic rings. The maximum absolute atomic E-state index is 11.2. The van der Waals surface area contributed by atoms with Gasteiger partial charge in [0, 0.05) is 24.9 Å². The monoisotopic (exact) mass is 296 g/mol. The van der Waals surface area contributed by atoms with Crippen molar-refractivity contribution in [2.45, 2.75) is 24.9 Å². The molecule has 2 aliphatic heterocycles. The predicted molar refractivity (Wildman–Crippen MR) is 73.9 cm³/mol. The summed E-state index contributed by atoms with van der Waals surface area (Å²) in [6.45, 7) is 2.16. The Balaban J connectivity index is 1.70. The molecule has 1 aromatic rings. The molecule has 7 nitrogen and oxygen atoms in total. The zero-order valence-electron chi connectivity index (χ0n) is 10.9. The van der Waals surface area contributed by atoms with Crippen molar-refractivity contribution in [1.82, 2.24) is 10.3 Å². The second-order valence-corrected chi connectivity index (χ2v) is 5.98. The van der Waals surface area contributed by atoms with Gasteiger partial charge >= 0.3 is 6.09 Å². The number of alkyl carbamates (subject to hydrolysis) is 1. The fourth-order valence-electron chi connectivity index (χ4n) is 2.66. The number of nitrogens with zero attached hydrogens (tertiary/aromatic N) is 2. The molecule has 2 amide bonds. The Labute approximate surface area is 120 Å². The molecule has 108 valence electrons. The van der Waals surface area contributed by atoms with Crippen molar-refractivity contribution in [3.05, 3.63) is 11.1 Å². The van der Waals surface area contributed by atoms with Crippen LogP contribution < -0.4 is 16.0 Å². The first-order valence-corrected chi connectivity index (χ1v) is 7.43. The zero-order valence-corrected chi connectivity index (χ0v) is 11.7. The van der Waals surface area contributed by atoms with Gasteiger partial charge in [0.25, 0.3) is 5.91 Å². The number of carbonyl (C=O) groups is 2. The van der Waals surface area contributed by atoms with Crippen LogP contribution in [0.5, 0.6) is 0 Å². The number of carbonyl (C=O) groups excluding carboxylic acids is 2. The number of anilines is 1. The van der Waals surface area contributed by atoms with E-state index in [1.165, 1.54) is 11.3 Å². The normalized spacial score (nSPS) is 26.2.